The van der Waals surface area contributed by atoms with E-state index < -0.39 is 22.4 Å². The van der Waals surface area contributed by atoms with Gasteiger partial charge in [-0.2, -0.15) is 0 Å². The maximum atomic E-state index is 13.6. The lowest BCUT2D eigenvalue weighted by atomic mass is 10.2. The fraction of sp³-hybridized carbons (Fsp3) is 0.538. The van der Waals surface area contributed by atoms with E-state index in [2.05, 4.69) is 5.32 Å². The number of hydrogen-bond donors (Lipinski definition) is 1. The minimum atomic E-state index is -1.41. The summed E-state index contributed by atoms with van der Waals surface area (Å²) in [5.41, 5.74) is 0. The van der Waals surface area contributed by atoms with Crippen LogP contribution in [0.15, 0.2) is 23.1 Å². The summed E-state index contributed by atoms with van der Waals surface area (Å²) in [5, 5.41) is 3.21. The Morgan fingerprint density at radius 1 is 1.39 bits per heavy atom. The van der Waals surface area contributed by atoms with Gasteiger partial charge < -0.3 is 5.32 Å². The summed E-state index contributed by atoms with van der Waals surface area (Å²) in [6.07, 6.45) is 2.78. The zero-order valence-electron chi connectivity index (χ0n) is 10.3. The maximum Gasteiger partial charge on any atom is 0.142 e. The Hall–Kier alpha value is -0.810. The molecule has 3 atom stereocenters. The normalized spacial score (nSPS) is 25.3. The fourth-order valence-corrected chi connectivity index (χ4v) is 4.17. The van der Waals surface area contributed by atoms with Crippen molar-refractivity contribution in [1.29, 1.82) is 0 Å². The number of nitrogens with one attached hydrogen (secondary N) is 1. The third-order valence-corrected chi connectivity index (χ3v) is 5.18. The Labute approximate surface area is 108 Å². The third-order valence-electron chi connectivity index (χ3n) is 3.30. The van der Waals surface area contributed by atoms with Gasteiger partial charge >= 0.3 is 0 Å². The highest BCUT2D eigenvalue weighted by Gasteiger charge is 2.33. The molecule has 0 aromatic heterocycles. The smallest absolute Gasteiger partial charge is 0.142 e. The second-order valence-corrected chi connectivity index (χ2v) is 6.15. The lowest BCUT2D eigenvalue weighted by Crippen LogP contribution is -2.38. The highest BCUT2D eigenvalue weighted by molar-refractivity contribution is 7.85. The summed E-state index contributed by atoms with van der Waals surface area (Å²) in [4.78, 5) is 0.117. The molecule has 0 spiro atoms. The zero-order valence-corrected chi connectivity index (χ0v) is 11.1. The number of rotatable bonds is 4. The summed E-state index contributed by atoms with van der Waals surface area (Å²) in [7, 11) is -1.41. The summed E-state index contributed by atoms with van der Waals surface area (Å²) >= 11 is 0. The van der Waals surface area contributed by atoms with E-state index in [9.17, 15) is 13.0 Å². The molecule has 0 heterocycles. The van der Waals surface area contributed by atoms with Crippen molar-refractivity contribution in [3.8, 4) is 0 Å². The van der Waals surface area contributed by atoms with E-state index >= 15 is 0 Å². The van der Waals surface area contributed by atoms with Gasteiger partial charge in [-0.25, -0.2) is 8.78 Å². The van der Waals surface area contributed by atoms with Crippen LogP contribution in [0.1, 0.15) is 26.2 Å². The van der Waals surface area contributed by atoms with Crippen molar-refractivity contribution < 1.29 is 13.0 Å². The van der Waals surface area contributed by atoms with Crippen LogP contribution in [0.5, 0.6) is 0 Å². The van der Waals surface area contributed by atoms with Gasteiger partial charge in [0.2, 0.25) is 0 Å². The first-order valence-corrected chi connectivity index (χ1v) is 7.43. The first kappa shape index (κ1) is 13.6. The standard InChI is InChI=1S/C13H17F2NOS/c1-2-16-11-4-3-5-13(11)18(17)12-7-6-9(14)8-10(12)15/h6-8,11,13,16H,2-5H2,1H3. The Balaban J connectivity index is 2.20. The van der Waals surface area contributed by atoms with Crippen molar-refractivity contribution in [2.75, 3.05) is 6.54 Å². The van der Waals surface area contributed by atoms with Gasteiger partial charge in [-0.1, -0.05) is 13.3 Å². The molecule has 2 rings (SSSR count). The quantitative estimate of drug-likeness (QED) is 0.913. The molecular weight excluding hydrogens is 256 g/mol. The second kappa shape index (κ2) is 5.89. The maximum absolute atomic E-state index is 13.6. The van der Waals surface area contributed by atoms with Gasteiger partial charge in [0.15, 0.2) is 0 Å². The van der Waals surface area contributed by atoms with Crippen molar-refractivity contribution in [2.24, 2.45) is 0 Å². The largest absolute Gasteiger partial charge is 0.313 e. The Morgan fingerprint density at radius 3 is 2.83 bits per heavy atom. The molecule has 1 aliphatic carbocycles. The minimum Gasteiger partial charge on any atom is -0.313 e. The van der Waals surface area contributed by atoms with Gasteiger partial charge in [-0.05, 0) is 31.5 Å². The van der Waals surface area contributed by atoms with Gasteiger partial charge in [-0.15, -0.1) is 0 Å². The molecule has 18 heavy (non-hydrogen) atoms. The van der Waals surface area contributed by atoms with Crippen LogP contribution in [-0.4, -0.2) is 22.0 Å². The monoisotopic (exact) mass is 273 g/mol. The molecule has 1 N–H and O–H groups in total. The van der Waals surface area contributed by atoms with E-state index in [4.69, 9.17) is 0 Å². The molecule has 0 aliphatic heterocycles. The van der Waals surface area contributed by atoms with E-state index in [-0.39, 0.29) is 16.2 Å². The number of halogens is 2. The predicted molar refractivity (Wildman–Crippen MR) is 67.9 cm³/mol. The summed E-state index contributed by atoms with van der Waals surface area (Å²) < 4.78 is 38.8. The minimum absolute atomic E-state index is 0.0788. The van der Waals surface area contributed by atoms with Gasteiger partial charge in [0, 0.05) is 12.1 Å². The van der Waals surface area contributed by atoms with Gasteiger partial charge in [0.05, 0.1) is 20.9 Å². The molecule has 100 valence electrons. The first-order valence-electron chi connectivity index (χ1n) is 6.22. The van der Waals surface area contributed by atoms with Crippen LogP contribution in [0, 0.1) is 11.6 Å². The van der Waals surface area contributed by atoms with E-state index in [0.29, 0.717) is 0 Å². The summed E-state index contributed by atoms with van der Waals surface area (Å²) in [6.45, 7) is 2.81. The zero-order chi connectivity index (χ0) is 13.1. The van der Waals surface area contributed by atoms with E-state index in [1.807, 2.05) is 6.92 Å². The van der Waals surface area contributed by atoms with Crippen molar-refractivity contribution in [1.82, 2.24) is 5.32 Å². The molecule has 1 aromatic carbocycles. The first-order chi connectivity index (χ1) is 8.63. The molecule has 0 bridgehead atoms. The van der Waals surface area contributed by atoms with Crippen LogP contribution < -0.4 is 5.32 Å². The van der Waals surface area contributed by atoms with Crippen molar-refractivity contribution in [3.63, 3.8) is 0 Å². The number of benzene rings is 1. The fourth-order valence-electron chi connectivity index (χ4n) is 2.48. The molecule has 1 aliphatic rings. The Kier molecular flexibility index (Phi) is 4.45. The molecule has 0 amide bonds. The van der Waals surface area contributed by atoms with Crippen LogP contribution in [0.4, 0.5) is 8.78 Å². The second-order valence-electron chi connectivity index (χ2n) is 4.51. The molecule has 1 aromatic rings. The molecular formula is C13H17F2NOS. The van der Waals surface area contributed by atoms with Crippen LogP contribution in [0.3, 0.4) is 0 Å². The molecule has 0 saturated heterocycles. The molecule has 3 unspecified atom stereocenters. The molecule has 5 heteroatoms. The Morgan fingerprint density at radius 2 is 2.17 bits per heavy atom. The van der Waals surface area contributed by atoms with E-state index in [1.165, 1.54) is 6.07 Å². The van der Waals surface area contributed by atoms with E-state index in [0.717, 1.165) is 37.9 Å². The van der Waals surface area contributed by atoms with Gasteiger partial charge in [-0.3, -0.25) is 4.21 Å². The van der Waals surface area contributed by atoms with Crippen molar-refractivity contribution in [2.45, 2.75) is 42.4 Å². The average Bonchev–Trinajstić information content (AvgIpc) is 2.77. The molecule has 1 fully saturated rings. The average molecular weight is 273 g/mol. The van der Waals surface area contributed by atoms with Crippen LogP contribution in [-0.2, 0) is 10.8 Å². The van der Waals surface area contributed by atoms with Gasteiger partial charge in [0.1, 0.15) is 11.6 Å². The van der Waals surface area contributed by atoms with Crippen molar-refractivity contribution in [3.05, 3.63) is 29.8 Å². The topological polar surface area (TPSA) is 29.1 Å². The van der Waals surface area contributed by atoms with Crippen molar-refractivity contribution >= 4 is 10.8 Å². The highest BCUT2D eigenvalue weighted by atomic mass is 32.2. The van der Waals surface area contributed by atoms with Crippen LogP contribution >= 0.6 is 0 Å². The van der Waals surface area contributed by atoms with Crippen LogP contribution in [0.25, 0.3) is 0 Å². The lowest BCUT2D eigenvalue weighted by molar-refractivity contribution is 0.535. The molecule has 2 nitrogen and oxygen atoms in total. The highest BCUT2D eigenvalue weighted by Crippen LogP contribution is 2.28. The SMILES string of the molecule is CCNC1CCCC1S(=O)c1ccc(F)cc1F. The predicted octanol–water partition coefficient (Wildman–Crippen LogP) is 2.60. The lowest BCUT2D eigenvalue weighted by Gasteiger charge is -2.20. The number of hydrogen-bond acceptors (Lipinski definition) is 2. The molecule has 1 saturated carbocycles. The summed E-state index contributed by atoms with van der Waals surface area (Å²) in [6, 6.07) is 3.42. The van der Waals surface area contributed by atoms with Crippen LogP contribution in [0.2, 0.25) is 0 Å². The Bertz CT molecular complexity index is 453. The van der Waals surface area contributed by atoms with Gasteiger partial charge in [0.25, 0.3) is 0 Å². The third kappa shape index (κ3) is 2.78. The van der Waals surface area contributed by atoms with E-state index in [1.54, 1.807) is 0 Å². The molecule has 0 radical (unpaired) electrons. The summed E-state index contributed by atoms with van der Waals surface area (Å²) in [5.74, 6) is -1.35.